The van der Waals surface area contributed by atoms with Crippen molar-refractivity contribution >= 4 is 0 Å². The Morgan fingerprint density at radius 2 is 2.11 bits per heavy atom. The smallest absolute Gasteiger partial charge is 0.181 e. The van der Waals surface area contributed by atoms with E-state index in [0.29, 0.717) is 18.1 Å². The molecule has 0 amide bonds. The van der Waals surface area contributed by atoms with Crippen LogP contribution in [-0.2, 0) is 6.54 Å². The number of aromatic nitrogens is 3. The fourth-order valence-electron chi connectivity index (χ4n) is 2.27. The lowest BCUT2D eigenvalue weighted by molar-refractivity contribution is 0.220. The van der Waals surface area contributed by atoms with Crippen LogP contribution in [0.15, 0.2) is 24.3 Å². The Kier molecular flexibility index (Phi) is 2.94. The van der Waals surface area contributed by atoms with Crippen molar-refractivity contribution in [3.05, 3.63) is 30.1 Å². The minimum atomic E-state index is -0.951. The van der Waals surface area contributed by atoms with E-state index in [0.717, 1.165) is 11.3 Å². The molecule has 0 fully saturated rings. The molecule has 3 rings (SSSR count). The van der Waals surface area contributed by atoms with Crippen LogP contribution in [-0.4, -0.2) is 28.0 Å². The molecule has 6 heteroatoms. The molecular weight excluding hydrogens is 247 g/mol. The first-order valence-corrected chi connectivity index (χ1v) is 6.16. The highest BCUT2D eigenvalue weighted by Crippen LogP contribution is 2.26. The lowest BCUT2D eigenvalue weighted by Crippen LogP contribution is -2.30. The Bertz CT molecular complexity index is 581. The Hall–Kier alpha value is -1.95. The molecular formula is C13H15FN4O. The molecule has 2 N–H and O–H groups in total. The number of alkyl halides is 1. The summed E-state index contributed by atoms with van der Waals surface area (Å²) in [6.45, 7) is 0.228. The van der Waals surface area contributed by atoms with Gasteiger partial charge in [0.1, 0.15) is 17.7 Å². The predicted octanol–water partition coefficient (Wildman–Crippen LogP) is 1.70. The average Bonchev–Trinajstić information content (AvgIpc) is 2.83. The van der Waals surface area contributed by atoms with Crippen LogP contribution >= 0.6 is 0 Å². The van der Waals surface area contributed by atoms with Gasteiger partial charge in [-0.1, -0.05) is 0 Å². The van der Waals surface area contributed by atoms with Gasteiger partial charge in [-0.05, 0) is 24.3 Å². The number of nitrogens with two attached hydrogens (primary N) is 1. The van der Waals surface area contributed by atoms with Gasteiger partial charge in [0.05, 0.1) is 19.7 Å². The number of benzene rings is 1. The quantitative estimate of drug-likeness (QED) is 0.894. The fourth-order valence-corrected chi connectivity index (χ4v) is 2.27. The molecule has 2 aromatic rings. The third-order valence-electron chi connectivity index (χ3n) is 3.26. The number of halogens is 1. The summed E-state index contributed by atoms with van der Waals surface area (Å²) < 4.78 is 20.1. The van der Waals surface area contributed by atoms with Crippen molar-refractivity contribution in [2.75, 3.05) is 7.11 Å². The molecule has 0 spiro atoms. The number of methoxy groups -OCH3 is 1. The predicted molar refractivity (Wildman–Crippen MR) is 68.5 cm³/mol. The summed E-state index contributed by atoms with van der Waals surface area (Å²) in [5, 5.41) is 4.32. The van der Waals surface area contributed by atoms with Gasteiger partial charge >= 0.3 is 0 Å². The first kappa shape index (κ1) is 12.1. The third-order valence-corrected chi connectivity index (χ3v) is 3.26. The van der Waals surface area contributed by atoms with E-state index in [-0.39, 0.29) is 12.6 Å². The Morgan fingerprint density at radius 3 is 2.79 bits per heavy atom. The van der Waals surface area contributed by atoms with E-state index in [2.05, 4.69) is 10.1 Å². The minimum absolute atomic E-state index is 0.228. The maximum absolute atomic E-state index is 13.4. The van der Waals surface area contributed by atoms with Gasteiger partial charge in [0, 0.05) is 12.0 Å². The topological polar surface area (TPSA) is 66.0 Å². The molecule has 1 aromatic heterocycles. The van der Waals surface area contributed by atoms with Crippen LogP contribution in [0.2, 0.25) is 0 Å². The molecule has 1 aliphatic rings. The third kappa shape index (κ3) is 2.19. The summed E-state index contributed by atoms with van der Waals surface area (Å²) in [5.74, 6) is 2.00. The zero-order chi connectivity index (χ0) is 13.4. The summed E-state index contributed by atoms with van der Waals surface area (Å²) in [6, 6.07) is 7.04. The number of fused-ring (bicyclic) bond motifs is 1. The second kappa shape index (κ2) is 4.62. The molecule has 1 aliphatic heterocycles. The average molecular weight is 262 g/mol. The van der Waals surface area contributed by atoms with Crippen molar-refractivity contribution in [1.82, 2.24) is 14.8 Å². The van der Waals surface area contributed by atoms with Crippen molar-refractivity contribution in [2.24, 2.45) is 5.73 Å². The van der Waals surface area contributed by atoms with Crippen molar-refractivity contribution in [2.45, 2.75) is 25.2 Å². The van der Waals surface area contributed by atoms with E-state index in [1.54, 1.807) is 11.8 Å². The Balaban J connectivity index is 1.95. The highest BCUT2D eigenvalue weighted by molar-refractivity contribution is 5.56. The molecule has 0 saturated carbocycles. The molecule has 0 aliphatic carbocycles. The highest BCUT2D eigenvalue weighted by atomic mass is 19.1. The molecule has 2 heterocycles. The van der Waals surface area contributed by atoms with E-state index in [1.165, 1.54) is 0 Å². The van der Waals surface area contributed by atoms with Gasteiger partial charge in [0.2, 0.25) is 0 Å². The summed E-state index contributed by atoms with van der Waals surface area (Å²) >= 11 is 0. The molecule has 2 atom stereocenters. The zero-order valence-electron chi connectivity index (χ0n) is 10.6. The molecule has 1 aromatic carbocycles. The van der Waals surface area contributed by atoms with Gasteiger partial charge < -0.3 is 10.5 Å². The van der Waals surface area contributed by atoms with Crippen molar-refractivity contribution in [3.63, 3.8) is 0 Å². The van der Waals surface area contributed by atoms with Gasteiger partial charge in [-0.3, -0.25) is 0 Å². The molecule has 19 heavy (non-hydrogen) atoms. The van der Waals surface area contributed by atoms with E-state index in [9.17, 15) is 4.39 Å². The van der Waals surface area contributed by atoms with Crippen LogP contribution < -0.4 is 10.5 Å². The van der Waals surface area contributed by atoms with Gasteiger partial charge in [-0.2, -0.15) is 5.10 Å². The van der Waals surface area contributed by atoms with E-state index in [1.807, 2.05) is 24.3 Å². The first-order valence-electron chi connectivity index (χ1n) is 6.16. The SMILES string of the molecule is COc1ccc(-c2nc3n(n2)CC(F)CC3N)cc1. The van der Waals surface area contributed by atoms with Crippen molar-refractivity contribution in [3.8, 4) is 17.1 Å². The number of hydrogen-bond acceptors (Lipinski definition) is 4. The largest absolute Gasteiger partial charge is 0.497 e. The van der Waals surface area contributed by atoms with Crippen LogP contribution in [0.5, 0.6) is 5.75 Å². The normalized spacial score (nSPS) is 22.1. The maximum atomic E-state index is 13.4. The van der Waals surface area contributed by atoms with Crippen molar-refractivity contribution in [1.29, 1.82) is 0 Å². The van der Waals surface area contributed by atoms with E-state index >= 15 is 0 Å². The fraction of sp³-hybridized carbons (Fsp3) is 0.385. The monoisotopic (exact) mass is 262 g/mol. The number of rotatable bonds is 2. The molecule has 2 unspecified atom stereocenters. The van der Waals surface area contributed by atoms with Crippen LogP contribution in [0.3, 0.4) is 0 Å². The van der Waals surface area contributed by atoms with Crippen molar-refractivity contribution < 1.29 is 9.13 Å². The summed E-state index contributed by atoms with van der Waals surface area (Å²) in [6.07, 6.45) is -0.645. The zero-order valence-corrected chi connectivity index (χ0v) is 10.6. The van der Waals surface area contributed by atoms with Gasteiger partial charge in [0.15, 0.2) is 5.82 Å². The van der Waals surface area contributed by atoms with E-state index < -0.39 is 6.17 Å². The maximum Gasteiger partial charge on any atom is 0.181 e. The Morgan fingerprint density at radius 1 is 1.37 bits per heavy atom. The molecule has 5 nitrogen and oxygen atoms in total. The first-order chi connectivity index (χ1) is 9.17. The van der Waals surface area contributed by atoms with Gasteiger partial charge in [-0.25, -0.2) is 14.1 Å². The number of hydrogen-bond donors (Lipinski definition) is 1. The molecule has 0 saturated heterocycles. The second-order valence-electron chi connectivity index (χ2n) is 4.64. The lowest BCUT2D eigenvalue weighted by Gasteiger charge is -2.21. The van der Waals surface area contributed by atoms with Crippen LogP contribution in [0.1, 0.15) is 18.3 Å². The highest BCUT2D eigenvalue weighted by Gasteiger charge is 2.27. The van der Waals surface area contributed by atoms with Crippen LogP contribution in [0, 0.1) is 0 Å². The second-order valence-corrected chi connectivity index (χ2v) is 4.64. The standard InChI is InChI=1S/C13H15FN4O/c1-19-10-4-2-8(3-5-10)12-16-13-11(15)6-9(14)7-18(13)17-12/h2-5,9,11H,6-7,15H2,1H3. The summed E-state index contributed by atoms with van der Waals surface area (Å²) in [7, 11) is 1.61. The van der Waals surface area contributed by atoms with Crippen LogP contribution in [0.25, 0.3) is 11.4 Å². The van der Waals surface area contributed by atoms with Crippen LogP contribution in [0.4, 0.5) is 4.39 Å². The summed E-state index contributed by atoms with van der Waals surface area (Å²) in [5.41, 5.74) is 6.76. The molecule has 0 radical (unpaired) electrons. The van der Waals surface area contributed by atoms with E-state index in [4.69, 9.17) is 10.5 Å². The Labute approximate surface area is 110 Å². The van der Waals surface area contributed by atoms with Gasteiger partial charge in [0.25, 0.3) is 0 Å². The summed E-state index contributed by atoms with van der Waals surface area (Å²) in [4.78, 5) is 4.41. The molecule has 0 bridgehead atoms. The molecule has 100 valence electrons. The minimum Gasteiger partial charge on any atom is -0.497 e. The van der Waals surface area contributed by atoms with Gasteiger partial charge in [-0.15, -0.1) is 0 Å². The number of nitrogens with zero attached hydrogens (tertiary/aromatic N) is 3. The number of ether oxygens (including phenoxy) is 1. The lowest BCUT2D eigenvalue weighted by atomic mass is 10.1.